The van der Waals surface area contributed by atoms with Gasteiger partial charge in [0, 0.05) is 44.7 Å². The van der Waals surface area contributed by atoms with Gasteiger partial charge in [0.05, 0.1) is 0 Å². The van der Waals surface area contributed by atoms with Gasteiger partial charge in [-0.2, -0.15) is 0 Å². The first-order chi connectivity index (χ1) is 7.43. The second-order valence-electron chi connectivity index (χ2n) is 6.08. The lowest BCUT2D eigenvalue weighted by Gasteiger charge is -2.37. The molecule has 1 heterocycles. The number of rotatable bonds is 5. The number of carbonyl (C=O) groups is 1. The summed E-state index contributed by atoms with van der Waals surface area (Å²) >= 11 is 0. The van der Waals surface area contributed by atoms with E-state index in [0.29, 0.717) is 0 Å². The summed E-state index contributed by atoms with van der Waals surface area (Å²) in [5.41, 5.74) is -0.194. The maximum Gasteiger partial charge on any atom is 0.126 e. The van der Waals surface area contributed by atoms with Gasteiger partial charge in [0.1, 0.15) is 6.29 Å². The molecule has 16 heavy (non-hydrogen) atoms. The molecule has 0 radical (unpaired) electrons. The minimum atomic E-state index is -0.194. The van der Waals surface area contributed by atoms with Gasteiger partial charge in [-0.1, -0.05) is 27.7 Å². The van der Waals surface area contributed by atoms with E-state index >= 15 is 0 Å². The Morgan fingerprint density at radius 3 is 2.06 bits per heavy atom. The summed E-state index contributed by atoms with van der Waals surface area (Å²) in [5.74, 6) is 0.748. The minimum Gasteiger partial charge on any atom is -0.303 e. The fourth-order valence-corrected chi connectivity index (χ4v) is 2.26. The van der Waals surface area contributed by atoms with Crippen LogP contribution in [0.4, 0.5) is 0 Å². The number of piperazine rings is 1. The Hall–Kier alpha value is -0.410. The highest BCUT2D eigenvalue weighted by Gasteiger charge is 2.24. The first-order valence-corrected chi connectivity index (χ1v) is 6.34. The lowest BCUT2D eigenvalue weighted by atomic mass is 9.95. The normalized spacial score (nSPS) is 20.3. The lowest BCUT2D eigenvalue weighted by molar-refractivity contribution is -0.115. The van der Waals surface area contributed by atoms with Crippen molar-refractivity contribution >= 4 is 6.29 Å². The second kappa shape index (κ2) is 5.78. The van der Waals surface area contributed by atoms with E-state index in [1.165, 1.54) is 6.54 Å². The van der Waals surface area contributed by atoms with Gasteiger partial charge >= 0.3 is 0 Å². The van der Waals surface area contributed by atoms with Crippen molar-refractivity contribution in [2.24, 2.45) is 11.3 Å². The van der Waals surface area contributed by atoms with Gasteiger partial charge in [-0.15, -0.1) is 0 Å². The predicted molar refractivity (Wildman–Crippen MR) is 67.6 cm³/mol. The molecule has 3 heteroatoms. The van der Waals surface area contributed by atoms with E-state index in [1.54, 1.807) is 0 Å². The molecule has 0 saturated carbocycles. The van der Waals surface area contributed by atoms with Crippen molar-refractivity contribution in [2.75, 3.05) is 39.3 Å². The van der Waals surface area contributed by atoms with Crippen molar-refractivity contribution in [1.82, 2.24) is 9.80 Å². The molecule has 0 amide bonds. The van der Waals surface area contributed by atoms with E-state index in [9.17, 15) is 4.79 Å². The molecule has 0 atom stereocenters. The van der Waals surface area contributed by atoms with Gasteiger partial charge in [-0.05, 0) is 5.92 Å². The van der Waals surface area contributed by atoms with Crippen LogP contribution in [-0.4, -0.2) is 55.4 Å². The molecule has 1 aliphatic heterocycles. The van der Waals surface area contributed by atoms with Crippen molar-refractivity contribution < 1.29 is 4.79 Å². The molecule has 0 N–H and O–H groups in total. The molecule has 1 saturated heterocycles. The highest BCUT2D eigenvalue weighted by molar-refractivity contribution is 5.58. The van der Waals surface area contributed by atoms with Crippen LogP contribution in [0.2, 0.25) is 0 Å². The molecule has 0 aromatic heterocycles. The highest BCUT2D eigenvalue weighted by atomic mass is 16.1. The van der Waals surface area contributed by atoms with Gasteiger partial charge in [0.15, 0.2) is 0 Å². The summed E-state index contributed by atoms with van der Waals surface area (Å²) < 4.78 is 0. The molecule has 1 rings (SSSR count). The van der Waals surface area contributed by atoms with Crippen molar-refractivity contribution in [2.45, 2.75) is 27.7 Å². The van der Waals surface area contributed by atoms with Crippen molar-refractivity contribution in [3.05, 3.63) is 0 Å². The van der Waals surface area contributed by atoms with Crippen LogP contribution in [0.15, 0.2) is 0 Å². The smallest absolute Gasteiger partial charge is 0.126 e. The topological polar surface area (TPSA) is 23.6 Å². The predicted octanol–water partition coefficient (Wildman–Crippen LogP) is 1.49. The van der Waals surface area contributed by atoms with Gasteiger partial charge in [0.2, 0.25) is 0 Å². The number of hydrogen-bond acceptors (Lipinski definition) is 3. The lowest BCUT2D eigenvalue weighted by Crippen LogP contribution is -2.49. The van der Waals surface area contributed by atoms with Crippen LogP contribution in [0.1, 0.15) is 27.7 Å². The second-order valence-corrected chi connectivity index (χ2v) is 6.08. The molecule has 0 aliphatic carbocycles. The van der Waals surface area contributed by atoms with Crippen LogP contribution in [0.5, 0.6) is 0 Å². The standard InChI is InChI=1S/C13H26N2O/c1-12(2)9-14-5-7-15(8-6-14)10-13(3,4)11-16/h11-12H,5-10H2,1-4H3. The van der Waals surface area contributed by atoms with Crippen LogP contribution < -0.4 is 0 Å². The molecule has 1 fully saturated rings. The van der Waals surface area contributed by atoms with Crippen LogP contribution in [-0.2, 0) is 4.79 Å². The van der Waals surface area contributed by atoms with E-state index in [-0.39, 0.29) is 5.41 Å². The molecule has 0 bridgehead atoms. The Morgan fingerprint density at radius 2 is 1.62 bits per heavy atom. The molecule has 0 aromatic rings. The van der Waals surface area contributed by atoms with Crippen LogP contribution in [0.3, 0.4) is 0 Å². The molecule has 0 aromatic carbocycles. The van der Waals surface area contributed by atoms with Gasteiger partial charge in [-0.25, -0.2) is 0 Å². The summed E-state index contributed by atoms with van der Waals surface area (Å²) in [4.78, 5) is 15.8. The third kappa shape index (κ3) is 4.62. The summed E-state index contributed by atoms with van der Waals surface area (Å²) in [6.45, 7) is 15.1. The molecule has 3 nitrogen and oxygen atoms in total. The average molecular weight is 226 g/mol. The number of hydrogen-bond donors (Lipinski definition) is 0. The SMILES string of the molecule is CC(C)CN1CCN(CC(C)(C)C=O)CC1. The summed E-state index contributed by atoms with van der Waals surface area (Å²) in [7, 11) is 0. The quantitative estimate of drug-likeness (QED) is 0.664. The molecular formula is C13H26N2O. The third-order valence-corrected chi connectivity index (χ3v) is 3.04. The van der Waals surface area contributed by atoms with Crippen molar-refractivity contribution in [1.29, 1.82) is 0 Å². The maximum absolute atomic E-state index is 10.9. The van der Waals surface area contributed by atoms with E-state index in [2.05, 4.69) is 23.6 Å². The monoisotopic (exact) mass is 226 g/mol. The zero-order chi connectivity index (χ0) is 12.2. The summed E-state index contributed by atoms with van der Waals surface area (Å²) in [6.07, 6.45) is 1.08. The van der Waals surface area contributed by atoms with Crippen LogP contribution in [0.25, 0.3) is 0 Å². The van der Waals surface area contributed by atoms with Gasteiger partial charge < -0.3 is 9.69 Å². The average Bonchev–Trinajstić information content (AvgIpc) is 2.20. The van der Waals surface area contributed by atoms with Gasteiger partial charge in [0.25, 0.3) is 0 Å². The van der Waals surface area contributed by atoms with Crippen LogP contribution >= 0.6 is 0 Å². The molecule has 0 spiro atoms. The fraction of sp³-hybridized carbons (Fsp3) is 0.923. The fourth-order valence-electron chi connectivity index (χ4n) is 2.26. The zero-order valence-electron chi connectivity index (χ0n) is 11.2. The first kappa shape index (κ1) is 13.7. The number of nitrogens with zero attached hydrogens (tertiary/aromatic N) is 2. The molecule has 0 unspecified atom stereocenters. The zero-order valence-corrected chi connectivity index (χ0v) is 11.2. The van der Waals surface area contributed by atoms with Crippen molar-refractivity contribution in [3.8, 4) is 0 Å². The summed E-state index contributed by atoms with van der Waals surface area (Å²) in [5, 5.41) is 0. The third-order valence-electron chi connectivity index (χ3n) is 3.04. The van der Waals surface area contributed by atoms with Crippen molar-refractivity contribution in [3.63, 3.8) is 0 Å². The molecular weight excluding hydrogens is 200 g/mol. The number of aldehydes is 1. The minimum absolute atomic E-state index is 0.194. The highest BCUT2D eigenvalue weighted by Crippen LogP contribution is 2.15. The van der Waals surface area contributed by atoms with E-state index in [0.717, 1.165) is 44.9 Å². The Bertz CT molecular complexity index is 218. The maximum atomic E-state index is 10.9. The summed E-state index contributed by atoms with van der Waals surface area (Å²) in [6, 6.07) is 0. The first-order valence-electron chi connectivity index (χ1n) is 6.34. The Kier molecular flexibility index (Phi) is 4.93. The molecule has 1 aliphatic rings. The Morgan fingerprint density at radius 1 is 1.12 bits per heavy atom. The molecule has 94 valence electrons. The largest absolute Gasteiger partial charge is 0.303 e. The van der Waals surface area contributed by atoms with E-state index in [1.807, 2.05) is 13.8 Å². The van der Waals surface area contributed by atoms with Crippen LogP contribution in [0, 0.1) is 11.3 Å². The van der Waals surface area contributed by atoms with E-state index < -0.39 is 0 Å². The Balaban J connectivity index is 2.29. The number of carbonyl (C=O) groups excluding carboxylic acids is 1. The van der Waals surface area contributed by atoms with E-state index in [4.69, 9.17) is 0 Å². The van der Waals surface area contributed by atoms with Gasteiger partial charge in [-0.3, -0.25) is 4.90 Å². The Labute approximate surface area is 99.8 Å².